The second kappa shape index (κ2) is 8.09. The van der Waals surface area contributed by atoms with Crippen LogP contribution >= 0.6 is 23.2 Å². The molecule has 0 spiro atoms. The second-order valence-corrected chi connectivity index (χ2v) is 5.59. The van der Waals surface area contributed by atoms with Gasteiger partial charge in [-0.15, -0.1) is 0 Å². The smallest absolute Gasteiger partial charge is 0.343 e. The number of ketones is 1. The van der Waals surface area contributed by atoms with E-state index in [0.717, 1.165) is 25.4 Å². The molecule has 0 aliphatic carbocycles. The van der Waals surface area contributed by atoms with Crippen LogP contribution in [0.3, 0.4) is 0 Å². The van der Waals surface area contributed by atoms with Crippen molar-refractivity contribution in [3.63, 3.8) is 0 Å². The Kier molecular flexibility index (Phi) is 6.12. The summed E-state index contributed by atoms with van der Waals surface area (Å²) in [6.07, 6.45) is 1.07. The van der Waals surface area contributed by atoms with Gasteiger partial charge in [0.15, 0.2) is 0 Å². The number of carbonyl (C=O) groups is 2. The summed E-state index contributed by atoms with van der Waals surface area (Å²) in [6, 6.07) is 7.10. The third-order valence-corrected chi connectivity index (χ3v) is 3.73. The summed E-state index contributed by atoms with van der Waals surface area (Å²) in [5, 5.41) is 2.30. The van der Waals surface area contributed by atoms with E-state index in [1.165, 1.54) is 24.3 Å². The van der Waals surface area contributed by atoms with Crippen LogP contribution in [0, 0.1) is 11.6 Å². The largest absolute Gasteiger partial charge is 0.465 e. The molecule has 1 N–H and O–H groups in total. The highest BCUT2D eigenvalue weighted by Gasteiger charge is 2.24. The van der Waals surface area contributed by atoms with Gasteiger partial charge >= 0.3 is 5.97 Å². The number of esters is 1. The van der Waals surface area contributed by atoms with Crippen LogP contribution in [0.4, 0.5) is 14.5 Å². The normalized spacial score (nSPS) is 11.2. The molecule has 130 valence electrons. The highest BCUT2D eigenvalue weighted by atomic mass is 35.5. The van der Waals surface area contributed by atoms with Crippen molar-refractivity contribution in [3.8, 4) is 0 Å². The summed E-state index contributed by atoms with van der Waals surface area (Å²) in [4.78, 5) is 24.4. The van der Waals surface area contributed by atoms with Gasteiger partial charge in [-0.2, -0.15) is 0 Å². The number of anilines is 1. The van der Waals surface area contributed by atoms with Crippen LogP contribution in [-0.2, 0) is 9.53 Å². The molecule has 0 fully saturated rings. The predicted molar refractivity (Wildman–Crippen MR) is 90.9 cm³/mol. The summed E-state index contributed by atoms with van der Waals surface area (Å²) in [5.41, 5.74) is -0.249. The molecule has 2 aromatic rings. The molecule has 4 nitrogen and oxygen atoms in total. The first-order valence-corrected chi connectivity index (χ1v) is 7.59. The van der Waals surface area contributed by atoms with Crippen LogP contribution in [0.25, 0.3) is 0 Å². The molecule has 8 heteroatoms. The van der Waals surface area contributed by atoms with E-state index in [9.17, 15) is 18.4 Å². The molecule has 2 aromatic carbocycles. The quantitative estimate of drug-likeness (QED) is 0.203. The van der Waals surface area contributed by atoms with Crippen LogP contribution in [0.2, 0.25) is 10.0 Å². The van der Waals surface area contributed by atoms with Crippen LogP contribution in [0.5, 0.6) is 0 Å². The molecular formula is C17H11Cl2F2NO3. The van der Waals surface area contributed by atoms with Gasteiger partial charge in [0.25, 0.3) is 0 Å². The molecular weight excluding hydrogens is 375 g/mol. The van der Waals surface area contributed by atoms with Gasteiger partial charge < -0.3 is 10.1 Å². The molecule has 0 aliphatic heterocycles. The number of halogens is 4. The van der Waals surface area contributed by atoms with Crippen molar-refractivity contribution in [1.29, 1.82) is 0 Å². The topological polar surface area (TPSA) is 55.4 Å². The van der Waals surface area contributed by atoms with Crippen molar-refractivity contribution in [3.05, 3.63) is 75.4 Å². The molecule has 0 heterocycles. The van der Waals surface area contributed by atoms with Gasteiger partial charge in [0.2, 0.25) is 5.78 Å². The Morgan fingerprint density at radius 3 is 2.32 bits per heavy atom. The van der Waals surface area contributed by atoms with Gasteiger partial charge in [0.1, 0.15) is 17.2 Å². The molecule has 0 saturated heterocycles. The van der Waals surface area contributed by atoms with Crippen molar-refractivity contribution in [2.24, 2.45) is 0 Å². The minimum atomic E-state index is -0.953. The zero-order valence-corrected chi connectivity index (χ0v) is 14.3. The number of methoxy groups -OCH3 is 1. The van der Waals surface area contributed by atoms with E-state index in [1.54, 1.807) is 0 Å². The summed E-state index contributed by atoms with van der Waals surface area (Å²) < 4.78 is 31.1. The number of nitrogens with one attached hydrogen (secondary N) is 1. The Morgan fingerprint density at radius 1 is 1.08 bits per heavy atom. The molecule has 0 amide bonds. The van der Waals surface area contributed by atoms with E-state index in [2.05, 4.69) is 10.1 Å². The zero-order chi connectivity index (χ0) is 18.6. The molecule has 0 saturated carbocycles. The number of ether oxygens (including phenoxy) is 1. The number of hydrogen-bond donors (Lipinski definition) is 1. The maximum Gasteiger partial charge on any atom is 0.343 e. The monoisotopic (exact) mass is 385 g/mol. The first kappa shape index (κ1) is 18.9. The molecule has 0 radical (unpaired) electrons. The zero-order valence-electron chi connectivity index (χ0n) is 12.8. The lowest BCUT2D eigenvalue weighted by Gasteiger charge is -2.09. The maximum absolute atomic E-state index is 13.6. The lowest BCUT2D eigenvalue weighted by molar-refractivity contribution is -0.135. The van der Waals surface area contributed by atoms with Gasteiger partial charge in [-0.05, 0) is 36.4 Å². The third-order valence-electron chi connectivity index (χ3n) is 3.13. The molecule has 0 unspecified atom stereocenters. The average Bonchev–Trinajstić information content (AvgIpc) is 2.59. The minimum Gasteiger partial charge on any atom is -0.465 e. The first-order valence-electron chi connectivity index (χ1n) is 6.83. The fourth-order valence-electron chi connectivity index (χ4n) is 1.87. The summed E-state index contributed by atoms with van der Waals surface area (Å²) >= 11 is 11.5. The van der Waals surface area contributed by atoms with E-state index in [1.807, 2.05) is 0 Å². The second-order valence-electron chi connectivity index (χ2n) is 4.78. The predicted octanol–water partition coefficient (Wildman–Crippen LogP) is 4.62. The van der Waals surface area contributed by atoms with Gasteiger partial charge in [0.05, 0.1) is 17.2 Å². The van der Waals surface area contributed by atoms with Gasteiger partial charge in [-0.3, -0.25) is 4.79 Å². The van der Waals surface area contributed by atoms with Gasteiger partial charge in [-0.25, -0.2) is 13.6 Å². The van der Waals surface area contributed by atoms with Crippen molar-refractivity contribution in [1.82, 2.24) is 0 Å². The molecule has 0 aliphatic rings. The van der Waals surface area contributed by atoms with Crippen LogP contribution < -0.4 is 5.32 Å². The fourth-order valence-corrected chi connectivity index (χ4v) is 2.34. The molecule has 2 rings (SSSR count). The van der Waals surface area contributed by atoms with E-state index >= 15 is 0 Å². The van der Waals surface area contributed by atoms with Crippen molar-refractivity contribution in [2.45, 2.75) is 0 Å². The number of Topliss-reactive ketones (excluding diaryl/α,β-unsaturated/α-hetero) is 1. The maximum atomic E-state index is 13.6. The third kappa shape index (κ3) is 4.55. The molecule has 0 bridgehead atoms. The van der Waals surface area contributed by atoms with Crippen LogP contribution in [0.15, 0.2) is 48.2 Å². The number of rotatable bonds is 5. The van der Waals surface area contributed by atoms with E-state index in [4.69, 9.17) is 23.2 Å². The lowest BCUT2D eigenvalue weighted by atomic mass is 10.0. The number of hydrogen-bond acceptors (Lipinski definition) is 4. The molecule has 0 atom stereocenters. The Morgan fingerprint density at radius 2 is 1.72 bits per heavy atom. The highest BCUT2D eigenvalue weighted by Crippen LogP contribution is 2.26. The van der Waals surface area contributed by atoms with E-state index < -0.39 is 29.0 Å². The SMILES string of the molecule is COC(=O)C(=CNc1ccc(F)cc1)C(=O)c1cc(F)c(Cl)cc1Cl. The fraction of sp³-hybridized carbons (Fsp3) is 0.0588. The van der Waals surface area contributed by atoms with Crippen LogP contribution in [-0.4, -0.2) is 18.9 Å². The Bertz CT molecular complexity index is 852. The van der Waals surface area contributed by atoms with Crippen LogP contribution in [0.1, 0.15) is 10.4 Å². The highest BCUT2D eigenvalue weighted by molar-refractivity contribution is 6.39. The molecule has 0 aromatic heterocycles. The van der Waals surface area contributed by atoms with Crippen molar-refractivity contribution in [2.75, 3.05) is 12.4 Å². The van der Waals surface area contributed by atoms with Crippen molar-refractivity contribution >= 4 is 40.6 Å². The summed E-state index contributed by atoms with van der Waals surface area (Å²) in [5.74, 6) is -3.11. The Labute approximate surface area is 152 Å². The number of carbonyl (C=O) groups excluding carboxylic acids is 2. The number of benzene rings is 2. The lowest BCUT2D eigenvalue weighted by Crippen LogP contribution is -2.17. The standard InChI is InChI=1S/C17H11Cl2F2NO3/c1-25-17(24)12(8-22-10-4-2-9(20)3-5-10)16(23)11-6-15(21)14(19)7-13(11)18/h2-8,22H,1H3. The summed E-state index contributed by atoms with van der Waals surface area (Å²) in [7, 11) is 1.09. The summed E-state index contributed by atoms with van der Waals surface area (Å²) in [6.45, 7) is 0. The Balaban J connectivity index is 2.38. The van der Waals surface area contributed by atoms with E-state index in [-0.39, 0.29) is 15.6 Å². The molecule has 25 heavy (non-hydrogen) atoms. The Hall–Kier alpha value is -2.44. The van der Waals surface area contributed by atoms with Crippen molar-refractivity contribution < 1.29 is 23.1 Å². The van der Waals surface area contributed by atoms with E-state index in [0.29, 0.717) is 5.69 Å². The first-order chi connectivity index (χ1) is 11.8. The minimum absolute atomic E-state index is 0.118. The average molecular weight is 386 g/mol. The van der Waals surface area contributed by atoms with Gasteiger partial charge in [-0.1, -0.05) is 23.2 Å². The van der Waals surface area contributed by atoms with Gasteiger partial charge in [0, 0.05) is 17.5 Å².